The van der Waals surface area contributed by atoms with Crippen LogP contribution in [0.1, 0.15) is 46.2 Å². The van der Waals surface area contributed by atoms with Crippen LogP contribution >= 0.6 is 11.3 Å². The molecule has 0 aliphatic heterocycles. The second kappa shape index (κ2) is 12.5. The molecule has 2 aromatic heterocycles. The van der Waals surface area contributed by atoms with E-state index in [-0.39, 0.29) is 36.8 Å². The maximum atomic E-state index is 12.6. The fourth-order valence-corrected chi connectivity index (χ4v) is 4.44. The van der Waals surface area contributed by atoms with E-state index in [0.29, 0.717) is 17.0 Å². The summed E-state index contributed by atoms with van der Waals surface area (Å²) in [6.45, 7) is 3.45. The molecule has 9 nitrogen and oxygen atoms in total. The molecule has 1 aromatic carbocycles. The molecule has 184 valence electrons. The highest BCUT2D eigenvalue weighted by Crippen LogP contribution is 2.40. The number of esters is 2. The Kier molecular flexibility index (Phi) is 9.19. The van der Waals surface area contributed by atoms with Crippen molar-refractivity contribution >= 4 is 40.1 Å². The second-order valence-electron chi connectivity index (χ2n) is 7.39. The molecule has 0 aliphatic carbocycles. The van der Waals surface area contributed by atoms with Crippen LogP contribution in [-0.4, -0.2) is 43.5 Å². The Morgan fingerprint density at radius 1 is 1.03 bits per heavy atom. The topological polar surface area (TPSA) is 124 Å². The van der Waals surface area contributed by atoms with Crippen molar-refractivity contribution < 1.29 is 33.1 Å². The first-order valence-electron chi connectivity index (χ1n) is 11.0. The quantitative estimate of drug-likeness (QED) is 0.300. The van der Waals surface area contributed by atoms with Gasteiger partial charge in [-0.3, -0.25) is 14.4 Å². The number of carbonyl (C=O) groups is 4. The molecule has 0 saturated carbocycles. The van der Waals surface area contributed by atoms with Crippen LogP contribution in [0, 0.1) is 6.92 Å². The third-order valence-corrected chi connectivity index (χ3v) is 6.12. The zero-order chi connectivity index (χ0) is 25.2. The fraction of sp³-hybridized carbons (Fsp3) is 0.280. The minimum atomic E-state index is -0.578. The van der Waals surface area contributed by atoms with Gasteiger partial charge in [0.2, 0.25) is 0 Å². The van der Waals surface area contributed by atoms with Crippen molar-refractivity contribution in [3.63, 3.8) is 0 Å². The van der Waals surface area contributed by atoms with Crippen molar-refractivity contribution in [2.24, 2.45) is 0 Å². The van der Waals surface area contributed by atoms with Gasteiger partial charge in [0.05, 0.1) is 18.4 Å². The van der Waals surface area contributed by atoms with E-state index in [2.05, 4.69) is 10.6 Å². The largest absolute Gasteiger partial charge is 0.462 e. The monoisotopic (exact) mass is 498 g/mol. The Labute approximate surface area is 206 Å². The molecule has 2 N–H and O–H groups in total. The molecule has 2 amide bonds. The van der Waals surface area contributed by atoms with E-state index >= 15 is 0 Å². The van der Waals surface area contributed by atoms with Crippen molar-refractivity contribution in [2.45, 2.75) is 26.7 Å². The summed E-state index contributed by atoms with van der Waals surface area (Å²) in [5.41, 5.74) is 1.89. The molecule has 2 heterocycles. The highest BCUT2D eigenvalue weighted by molar-refractivity contribution is 7.20. The molecule has 35 heavy (non-hydrogen) atoms. The average molecular weight is 499 g/mol. The second-order valence-corrected chi connectivity index (χ2v) is 8.41. The maximum Gasteiger partial charge on any atom is 0.341 e. The number of anilines is 1. The van der Waals surface area contributed by atoms with E-state index in [1.807, 2.05) is 30.3 Å². The third kappa shape index (κ3) is 7.03. The SMILES string of the molecule is CCOC(=O)c1c(NC(=O)COC(=O)CCCNC(=O)c2ccco2)sc(-c2ccccc2)c1C. The summed E-state index contributed by atoms with van der Waals surface area (Å²) >= 11 is 1.25. The zero-order valence-corrected chi connectivity index (χ0v) is 20.2. The van der Waals surface area contributed by atoms with Gasteiger partial charge in [-0.1, -0.05) is 30.3 Å². The summed E-state index contributed by atoms with van der Waals surface area (Å²) in [6, 6.07) is 12.6. The average Bonchev–Trinajstić information content (AvgIpc) is 3.49. The van der Waals surface area contributed by atoms with Crippen molar-refractivity contribution in [3.8, 4) is 10.4 Å². The van der Waals surface area contributed by atoms with Gasteiger partial charge in [-0.25, -0.2) is 4.79 Å². The van der Waals surface area contributed by atoms with Gasteiger partial charge >= 0.3 is 11.9 Å². The predicted molar refractivity (Wildman–Crippen MR) is 130 cm³/mol. The van der Waals surface area contributed by atoms with Crippen molar-refractivity contribution in [3.05, 3.63) is 65.6 Å². The van der Waals surface area contributed by atoms with Crippen LogP contribution in [0.5, 0.6) is 0 Å². The van der Waals surface area contributed by atoms with Crippen LogP contribution < -0.4 is 10.6 Å². The van der Waals surface area contributed by atoms with E-state index in [9.17, 15) is 19.2 Å². The van der Waals surface area contributed by atoms with Gasteiger partial charge in [0.25, 0.3) is 11.8 Å². The Bertz CT molecular complexity index is 1170. The smallest absolute Gasteiger partial charge is 0.341 e. The molecule has 0 fully saturated rings. The van der Waals surface area contributed by atoms with E-state index in [1.54, 1.807) is 19.9 Å². The van der Waals surface area contributed by atoms with Crippen LogP contribution in [0.4, 0.5) is 5.00 Å². The van der Waals surface area contributed by atoms with E-state index < -0.39 is 24.5 Å². The van der Waals surface area contributed by atoms with E-state index in [1.165, 1.54) is 23.7 Å². The summed E-state index contributed by atoms with van der Waals surface area (Å²) in [7, 11) is 0. The molecule has 3 rings (SSSR count). The summed E-state index contributed by atoms with van der Waals surface area (Å²) in [5.74, 6) is -1.87. The lowest BCUT2D eigenvalue weighted by molar-refractivity contribution is -0.147. The van der Waals surface area contributed by atoms with E-state index in [4.69, 9.17) is 13.9 Å². The lowest BCUT2D eigenvalue weighted by atomic mass is 10.1. The Morgan fingerprint density at radius 2 is 1.80 bits per heavy atom. The minimum absolute atomic E-state index is 0.0239. The van der Waals surface area contributed by atoms with Crippen molar-refractivity contribution in [1.82, 2.24) is 5.32 Å². The number of benzene rings is 1. The fourth-order valence-electron chi connectivity index (χ4n) is 3.23. The first-order chi connectivity index (χ1) is 16.9. The molecule has 0 atom stereocenters. The van der Waals surface area contributed by atoms with Crippen LogP contribution in [0.15, 0.2) is 53.1 Å². The number of carbonyl (C=O) groups excluding carboxylic acids is 4. The van der Waals surface area contributed by atoms with Gasteiger partial charge in [0, 0.05) is 17.8 Å². The van der Waals surface area contributed by atoms with E-state index in [0.717, 1.165) is 10.4 Å². The van der Waals surface area contributed by atoms with Crippen molar-refractivity contribution in [2.75, 3.05) is 25.1 Å². The number of nitrogens with one attached hydrogen (secondary N) is 2. The maximum absolute atomic E-state index is 12.6. The van der Waals surface area contributed by atoms with Gasteiger partial charge in [-0.05, 0) is 43.5 Å². The summed E-state index contributed by atoms with van der Waals surface area (Å²) in [4.78, 5) is 49.6. The Morgan fingerprint density at radius 3 is 2.49 bits per heavy atom. The Balaban J connectivity index is 1.53. The molecule has 0 radical (unpaired) electrons. The highest BCUT2D eigenvalue weighted by Gasteiger charge is 2.24. The number of hydrogen-bond donors (Lipinski definition) is 2. The van der Waals surface area contributed by atoms with Crippen molar-refractivity contribution in [1.29, 1.82) is 0 Å². The number of amides is 2. The van der Waals surface area contributed by atoms with Gasteiger partial charge < -0.3 is 24.5 Å². The predicted octanol–water partition coefficient (Wildman–Crippen LogP) is 4.19. The molecule has 0 saturated heterocycles. The normalized spacial score (nSPS) is 10.5. The summed E-state index contributed by atoms with van der Waals surface area (Å²) in [6.07, 6.45) is 1.76. The lowest BCUT2D eigenvalue weighted by Crippen LogP contribution is -2.25. The number of ether oxygens (including phenoxy) is 2. The van der Waals surface area contributed by atoms with Gasteiger partial charge in [-0.15, -0.1) is 11.3 Å². The number of rotatable bonds is 11. The molecular formula is C25H26N2O7S. The van der Waals surface area contributed by atoms with Crippen LogP contribution in [-0.2, 0) is 19.1 Å². The molecule has 0 aliphatic rings. The summed E-state index contributed by atoms with van der Waals surface area (Å²) in [5, 5.41) is 5.63. The standard InChI is InChI=1S/C25H26N2O7S/c1-3-32-25(31)21-16(2)22(17-9-5-4-6-10-17)35-24(21)27-19(28)15-34-20(29)12-7-13-26-23(30)18-11-8-14-33-18/h4-6,8-11,14H,3,7,12-13,15H2,1-2H3,(H,26,30)(H,27,28). The van der Waals surface area contributed by atoms with Gasteiger partial charge in [0.15, 0.2) is 12.4 Å². The van der Waals surface area contributed by atoms with Crippen LogP contribution in [0.2, 0.25) is 0 Å². The van der Waals surface area contributed by atoms with Gasteiger partial charge in [-0.2, -0.15) is 0 Å². The molecule has 10 heteroatoms. The highest BCUT2D eigenvalue weighted by atomic mass is 32.1. The number of thiophene rings is 1. The third-order valence-electron chi connectivity index (χ3n) is 4.87. The van der Waals surface area contributed by atoms with Gasteiger partial charge in [0.1, 0.15) is 5.00 Å². The first-order valence-corrected chi connectivity index (χ1v) is 11.9. The number of furan rings is 1. The minimum Gasteiger partial charge on any atom is -0.462 e. The van der Waals surface area contributed by atoms with Crippen LogP contribution in [0.3, 0.4) is 0 Å². The first kappa shape index (κ1) is 25.7. The number of hydrogen-bond acceptors (Lipinski definition) is 8. The molecule has 3 aromatic rings. The summed E-state index contributed by atoms with van der Waals surface area (Å²) < 4.78 is 15.2. The Hall–Kier alpha value is -3.92. The molecule has 0 bridgehead atoms. The molecule has 0 unspecified atom stereocenters. The molecular weight excluding hydrogens is 472 g/mol. The lowest BCUT2D eigenvalue weighted by Gasteiger charge is -2.08. The molecule has 0 spiro atoms. The van der Waals surface area contributed by atoms with Crippen LogP contribution in [0.25, 0.3) is 10.4 Å². The zero-order valence-electron chi connectivity index (χ0n) is 19.4.